The average Bonchev–Trinajstić information content (AvgIpc) is 3.11. The maximum atomic E-state index is 11.9. The summed E-state index contributed by atoms with van der Waals surface area (Å²) >= 11 is 6.28. The van der Waals surface area contributed by atoms with Gasteiger partial charge in [-0.15, -0.1) is 0 Å². The minimum Gasteiger partial charge on any atom is -0.459 e. The Morgan fingerprint density at radius 2 is 2.32 bits per heavy atom. The van der Waals surface area contributed by atoms with Crippen LogP contribution in [0.25, 0.3) is 6.08 Å². The van der Waals surface area contributed by atoms with Crippen LogP contribution in [0.15, 0.2) is 12.3 Å². The van der Waals surface area contributed by atoms with E-state index in [-0.39, 0.29) is 6.10 Å². The third kappa shape index (κ3) is 3.55. The van der Waals surface area contributed by atoms with E-state index in [1.54, 1.807) is 13.8 Å². The normalized spacial score (nSPS) is 18.1. The molecule has 4 nitrogen and oxygen atoms in total. The summed E-state index contributed by atoms with van der Waals surface area (Å²) in [7, 11) is 0. The van der Waals surface area contributed by atoms with Crippen molar-refractivity contribution in [2.75, 3.05) is 6.54 Å². The van der Waals surface area contributed by atoms with Gasteiger partial charge in [-0.1, -0.05) is 23.8 Å². The van der Waals surface area contributed by atoms with Crippen LogP contribution in [0.1, 0.15) is 35.5 Å². The molecule has 1 aliphatic rings. The van der Waals surface area contributed by atoms with E-state index < -0.39 is 5.97 Å². The van der Waals surface area contributed by atoms with Crippen LogP contribution in [0, 0.1) is 6.92 Å². The third-order valence-corrected chi connectivity index (χ3v) is 3.15. The van der Waals surface area contributed by atoms with Gasteiger partial charge in [0.1, 0.15) is 0 Å². The van der Waals surface area contributed by atoms with Gasteiger partial charge in [-0.2, -0.15) is 0 Å². The van der Waals surface area contributed by atoms with Crippen molar-refractivity contribution in [3.8, 4) is 0 Å². The van der Waals surface area contributed by atoms with Crippen molar-refractivity contribution in [3.63, 3.8) is 0 Å². The van der Waals surface area contributed by atoms with Gasteiger partial charge in [0.25, 0.3) is 0 Å². The molecule has 5 heteroatoms. The van der Waals surface area contributed by atoms with E-state index in [0.717, 1.165) is 17.8 Å². The summed E-state index contributed by atoms with van der Waals surface area (Å²) < 4.78 is 5.15. The lowest BCUT2D eigenvalue weighted by atomic mass is 10.1. The Kier molecular flexibility index (Phi) is 4.22. The van der Waals surface area contributed by atoms with Crippen LogP contribution in [-0.4, -0.2) is 29.6 Å². The Morgan fingerprint density at radius 3 is 2.89 bits per heavy atom. The van der Waals surface area contributed by atoms with Gasteiger partial charge in [0.05, 0.1) is 16.7 Å². The number of esters is 1. The lowest BCUT2D eigenvalue weighted by Crippen LogP contribution is -2.13. The molecule has 19 heavy (non-hydrogen) atoms. The van der Waals surface area contributed by atoms with Gasteiger partial charge >= 0.3 is 5.97 Å². The molecule has 0 aromatic carbocycles. The molecular weight excluding hydrogens is 264 g/mol. The quantitative estimate of drug-likeness (QED) is 0.680. The summed E-state index contributed by atoms with van der Waals surface area (Å²) in [6, 6.07) is 0.404. The topological polar surface area (TPSA) is 61.1 Å². The summed E-state index contributed by atoms with van der Waals surface area (Å²) in [5.74, 6) is -0.438. The first-order chi connectivity index (χ1) is 8.99. The summed E-state index contributed by atoms with van der Waals surface area (Å²) in [5.41, 5.74) is 1.88. The zero-order chi connectivity index (χ0) is 14.0. The second-order valence-corrected chi connectivity index (χ2v) is 5.19. The number of carbonyl (C=O) groups excluding carboxylic acids is 1. The predicted octanol–water partition coefficient (Wildman–Crippen LogP) is 2.59. The minimum atomic E-state index is -0.438. The van der Waals surface area contributed by atoms with Crippen LogP contribution in [-0.2, 0) is 4.74 Å². The van der Waals surface area contributed by atoms with Gasteiger partial charge in [0.2, 0.25) is 0 Å². The smallest absolute Gasteiger partial charge is 0.341 e. The molecule has 0 amide bonds. The molecule has 0 bridgehead atoms. The molecule has 1 unspecified atom stereocenters. The van der Waals surface area contributed by atoms with Crippen molar-refractivity contribution in [2.45, 2.75) is 32.9 Å². The standard InChI is InChI=1S/C14H17ClN2O2/c1-8(2)19-14(18)12-7-16-9(3)11(13(12)15)5-4-10-6-17-10/h4-5,7-8,10,17H,6H2,1-3H3/b5-4-. The Labute approximate surface area is 117 Å². The Balaban J connectivity index is 2.30. The van der Waals surface area contributed by atoms with Gasteiger partial charge in [0, 0.05) is 30.0 Å². The maximum Gasteiger partial charge on any atom is 0.341 e. The largest absolute Gasteiger partial charge is 0.459 e. The van der Waals surface area contributed by atoms with Crippen LogP contribution < -0.4 is 5.32 Å². The van der Waals surface area contributed by atoms with Gasteiger partial charge < -0.3 is 10.1 Å². The molecule has 1 aromatic heterocycles. The highest BCUT2D eigenvalue weighted by atomic mass is 35.5. The van der Waals surface area contributed by atoms with E-state index in [4.69, 9.17) is 16.3 Å². The molecule has 0 spiro atoms. The molecule has 2 heterocycles. The Hall–Kier alpha value is -1.39. The van der Waals surface area contributed by atoms with Crippen molar-refractivity contribution in [1.29, 1.82) is 0 Å². The van der Waals surface area contributed by atoms with E-state index in [9.17, 15) is 4.79 Å². The fourth-order valence-electron chi connectivity index (χ4n) is 1.62. The fraction of sp³-hybridized carbons (Fsp3) is 0.429. The number of hydrogen-bond acceptors (Lipinski definition) is 4. The number of carbonyl (C=O) groups is 1. The first kappa shape index (κ1) is 14.0. The van der Waals surface area contributed by atoms with Crippen molar-refractivity contribution >= 4 is 23.6 Å². The summed E-state index contributed by atoms with van der Waals surface area (Å²) in [5, 5.41) is 3.56. The summed E-state index contributed by atoms with van der Waals surface area (Å²) in [4.78, 5) is 16.1. The first-order valence-corrected chi connectivity index (χ1v) is 6.64. The van der Waals surface area contributed by atoms with E-state index in [0.29, 0.717) is 16.6 Å². The minimum absolute atomic E-state index is 0.181. The third-order valence-electron chi connectivity index (χ3n) is 2.75. The molecule has 1 aliphatic heterocycles. The molecule has 1 atom stereocenters. The summed E-state index contributed by atoms with van der Waals surface area (Å²) in [6.07, 6.45) is 5.21. The van der Waals surface area contributed by atoms with Crippen molar-refractivity contribution in [2.24, 2.45) is 0 Å². The molecule has 1 N–H and O–H groups in total. The number of aromatic nitrogens is 1. The molecule has 0 radical (unpaired) electrons. The second-order valence-electron chi connectivity index (χ2n) is 4.81. The lowest BCUT2D eigenvalue weighted by molar-refractivity contribution is 0.0377. The van der Waals surface area contributed by atoms with Crippen molar-refractivity contribution in [3.05, 3.63) is 34.1 Å². The van der Waals surface area contributed by atoms with Crippen LogP contribution in [0.2, 0.25) is 5.02 Å². The molecule has 0 aliphatic carbocycles. The summed E-state index contributed by atoms with van der Waals surface area (Å²) in [6.45, 7) is 6.44. The van der Waals surface area contributed by atoms with E-state index >= 15 is 0 Å². The monoisotopic (exact) mass is 280 g/mol. The van der Waals surface area contributed by atoms with E-state index in [1.807, 2.05) is 19.1 Å². The molecule has 2 rings (SSSR count). The zero-order valence-corrected chi connectivity index (χ0v) is 12.0. The highest BCUT2D eigenvalue weighted by molar-refractivity contribution is 6.35. The number of halogens is 1. The van der Waals surface area contributed by atoms with Crippen LogP contribution in [0.4, 0.5) is 0 Å². The molecule has 1 aromatic rings. The average molecular weight is 281 g/mol. The molecule has 0 saturated carbocycles. The molecule has 1 fully saturated rings. The Morgan fingerprint density at radius 1 is 1.63 bits per heavy atom. The fourth-order valence-corrected chi connectivity index (χ4v) is 1.95. The predicted molar refractivity (Wildman–Crippen MR) is 75.4 cm³/mol. The molecule has 1 saturated heterocycles. The second kappa shape index (κ2) is 5.72. The van der Waals surface area contributed by atoms with Gasteiger partial charge in [0.15, 0.2) is 0 Å². The number of nitrogens with zero attached hydrogens (tertiary/aromatic N) is 1. The number of nitrogens with one attached hydrogen (secondary N) is 1. The van der Waals surface area contributed by atoms with Crippen molar-refractivity contribution < 1.29 is 9.53 Å². The number of rotatable bonds is 4. The molecular formula is C14H17ClN2O2. The number of pyridine rings is 1. The SMILES string of the molecule is Cc1ncc(C(=O)OC(C)C)c(Cl)c1/C=C\C1CN1. The van der Waals surface area contributed by atoms with E-state index in [1.165, 1.54) is 6.20 Å². The lowest BCUT2D eigenvalue weighted by Gasteiger charge is -2.11. The van der Waals surface area contributed by atoms with Gasteiger partial charge in [-0.25, -0.2) is 4.79 Å². The van der Waals surface area contributed by atoms with Gasteiger partial charge in [-0.3, -0.25) is 4.98 Å². The number of hydrogen-bond donors (Lipinski definition) is 1. The van der Waals surface area contributed by atoms with Crippen LogP contribution in [0.3, 0.4) is 0 Å². The Bertz CT molecular complexity index is 522. The molecule has 102 valence electrons. The zero-order valence-electron chi connectivity index (χ0n) is 11.2. The van der Waals surface area contributed by atoms with Crippen molar-refractivity contribution in [1.82, 2.24) is 10.3 Å². The van der Waals surface area contributed by atoms with Crippen LogP contribution >= 0.6 is 11.6 Å². The van der Waals surface area contributed by atoms with Crippen LogP contribution in [0.5, 0.6) is 0 Å². The number of ether oxygens (including phenoxy) is 1. The highest BCUT2D eigenvalue weighted by Gasteiger charge is 2.19. The first-order valence-electron chi connectivity index (χ1n) is 6.26. The highest BCUT2D eigenvalue weighted by Crippen LogP contribution is 2.25. The van der Waals surface area contributed by atoms with Gasteiger partial charge in [-0.05, 0) is 20.8 Å². The number of aryl methyl sites for hydroxylation is 1. The van der Waals surface area contributed by atoms with E-state index in [2.05, 4.69) is 10.3 Å². The maximum absolute atomic E-state index is 11.9.